The van der Waals surface area contributed by atoms with Crippen LogP contribution < -0.4 is 9.47 Å². The van der Waals surface area contributed by atoms with E-state index in [2.05, 4.69) is 4.99 Å². The van der Waals surface area contributed by atoms with E-state index in [1.54, 1.807) is 18.2 Å². The fourth-order valence-electron chi connectivity index (χ4n) is 2.71. The van der Waals surface area contributed by atoms with Gasteiger partial charge in [-0.05, 0) is 36.3 Å². The number of cyclic esters (lactones) is 1. The van der Waals surface area contributed by atoms with Crippen molar-refractivity contribution in [3.05, 3.63) is 68.4 Å². The first-order valence-corrected chi connectivity index (χ1v) is 9.55. The largest absolute Gasteiger partial charge is 0.493 e. The van der Waals surface area contributed by atoms with Gasteiger partial charge in [0.1, 0.15) is 0 Å². The first-order chi connectivity index (χ1) is 14.8. The molecule has 0 aromatic heterocycles. The summed E-state index contributed by atoms with van der Waals surface area (Å²) in [6.07, 6.45) is 2.41. The summed E-state index contributed by atoms with van der Waals surface area (Å²) in [7, 11) is 1.43. The van der Waals surface area contributed by atoms with Gasteiger partial charge in [0.25, 0.3) is 5.69 Å². The Labute approximate surface area is 182 Å². The van der Waals surface area contributed by atoms with Crippen molar-refractivity contribution >= 4 is 41.2 Å². The summed E-state index contributed by atoms with van der Waals surface area (Å²) in [5, 5.41) is 10.9. The lowest BCUT2D eigenvalue weighted by Gasteiger charge is -2.09. The first kappa shape index (κ1) is 22.0. The number of benzene rings is 2. The molecule has 1 aliphatic heterocycles. The highest BCUT2D eigenvalue weighted by Gasteiger charge is 2.26. The van der Waals surface area contributed by atoms with Crippen molar-refractivity contribution in [1.29, 1.82) is 0 Å². The molecule has 1 heterocycles. The van der Waals surface area contributed by atoms with Crippen molar-refractivity contribution in [2.75, 3.05) is 7.11 Å². The van der Waals surface area contributed by atoms with E-state index in [0.29, 0.717) is 17.7 Å². The van der Waals surface area contributed by atoms with Crippen molar-refractivity contribution in [1.82, 2.24) is 0 Å². The molecule has 2 aromatic carbocycles. The highest BCUT2D eigenvalue weighted by Crippen LogP contribution is 2.31. The van der Waals surface area contributed by atoms with Crippen LogP contribution >= 0.6 is 11.6 Å². The van der Waals surface area contributed by atoms with Gasteiger partial charge in [-0.15, -0.1) is 0 Å². The smallest absolute Gasteiger partial charge is 0.363 e. The van der Waals surface area contributed by atoms with Crippen LogP contribution in [0.25, 0.3) is 6.08 Å². The Morgan fingerprint density at radius 2 is 2.03 bits per heavy atom. The van der Waals surface area contributed by atoms with Crippen LogP contribution in [0, 0.1) is 10.1 Å². The average Bonchev–Trinajstić information content (AvgIpc) is 3.09. The van der Waals surface area contributed by atoms with Crippen molar-refractivity contribution in [2.24, 2.45) is 4.99 Å². The van der Waals surface area contributed by atoms with Crippen molar-refractivity contribution in [3.63, 3.8) is 0 Å². The fraction of sp³-hybridized carbons (Fsp3) is 0.190. The molecule has 10 heteroatoms. The number of non-ortho nitro benzene ring substituents is 1. The third-order valence-electron chi connectivity index (χ3n) is 4.18. The molecule has 0 spiro atoms. The summed E-state index contributed by atoms with van der Waals surface area (Å²) in [6.45, 7) is 1.87. The van der Waals surface area contributed by atoms with Gasteiger partial charge < -0.3 is 14.2 Å². The molecule has 0 fully saturated rings. The Balaban J connectivity index is 1.88. The summed E-state index contributed by atoms with van der Waals surface area (Å²) in [5.74, 6) is -0.567. The number of methoxy groups -OCH3 is 1. The van der Waals surface area contributed by atoms with Crippen molar-refractivity contribution in [2.45, 2.75) is 19.8 Å². The van der Waals surface area contributed by atoms with Gasteiger partial charge in [-0.2, -0.15) is 0 Å². The number of halogens is 1. The predicted molar refractivity (Wildman–Crippen MR) is 112 cm³/mol. The number of hydrogen-bond donors (Lipinski definition) is 0. The molecule has 31 heavy (non-hydrogen) atoms. The number of nitrogens with zero attached hydrogens (tertiary/aromatic N) is 2. The number of nitro groups is 1. The number of carbonyl (C=O) groups is 2. The fourth-order valence-corrected chi connectivity index (χ4v) is 2.96. The molecule has 1 aliphatic rings. The molecule has 0 N–H and O–H groups in total. The Hall–Kier alpha value is -3.72. The van der Waals surface area contributed by atoms with Crippen molar-refractivity contribution < 1.29 is 28.7 Å². The van der Waals surface area contributed by atoms with Gasteiger partial charge in [0.15, 0.2) is 17.2 Å². The Morgan fingerprint density at radius 3 is 2.68 bits per heavy atom. The molecule has 0 unspecified atom stereocenters. The zero-order valence-corrected chi connectivity index (χ0v) is 17.3. The summed E-state index contributed by atoms with van der Waals surface area (Å²) in [6, 6.07) is 8.51. The lowest BCUT2D eigenvalue weighted by atomic mass is 10.1. The number of rotatable bonds is 7. The molecular formula is C21H17ClN2O7. The molecule has 0 saturated heterocycles. The predicted octanol–water partition coefficient (Wildman–Crippen LogP) is 4.31. The van der Waals surface area contributed by atoms with Crippen molar-refractivity contribution in [3.8, 4) is 11.5 Å². The van der Waals surface area contributed by atoms with Gasteiger partial charge >= 0.3 is 11.9 Å². The van der Waals surface area contributed by atoms with Gasteiger partial charge in [0, 0.05) is 18.6 Å². The standard InChI is InChI=1S/C21H17ClN2O7/c1-3-4-19(25)30-17-8-5-12(10-18(17)29-2)9-16-21(26)31-20(23-16)14-7-6-13(24(27)28)11-15(14)22/h5-11H,3-4H2,1-2H3/b16-9-. The van der Waals surface area contributed by atoms with Crippen LogP contribution in [0.3, 0.4) is 0 Å². The number of nitro benzene ring substituents is 1. The maximum atomic E-state index is 12.2. The van der Waals surface area contributed by atoms with Crippen LogP contribution in [0.2, 0.25) is 5.02 Å². The van der Waals surface area contributed by atoms with Crippen LogP contribution in [0.4, 0.5) is 5.69 Å². The van der Waals surface area contributed by atoms with E-state index in [1.165, 1.54) is 25.3 Å². The molecular weight excluding hydrogens is 428 g/mol. The average molecular weight is 445 g/mol. The van der Waals surface area contributed by atoms with E-state index in [4.69, 9.17) is 25.8 Å². The molecule has 2 aromatic rings. The molecule has 0 amide bonds. The number of carbonyl (C=O) groups excluding carboxylic acids is 2. The SMILES string of the molecule is CCCC(=O)Oc1ccc(/C=C2\N=C(c3ccc([N+](=O)[O-])cc3Cl)OC2=O)cc1OC. The van der Waals surface area contributed by atoms with Gasteiger partial charge in [0.05, 0.1) is 22.6 Å². The maximum absolute atomic E-state index is 12.2. The highest BCUT2D eigenvalue weighted by molar-refractivity contribution is 6.34. The van der Waals surface area contributed by atoms with E-state index in [9.17, 15) is 19.7 Å². The van der Waals surface area contributed by atoms with Crippen LogP contribution in [0.5, 0.6) is 11.5 Å². The molecule has 0 saturated carbocycles. The topological polar surface area (TPSA) is 117 Å². The minimum atomic E-state index is -0.707. The summed E-state index contributed by atoms with van der Waals surface area (Å²) < 4.78 is 15.7. The van der Waals surface area contributed by atoms with E-state index >= 15 is 0 Å². The Bertz CT molecular complexity index is 1120. The van der Waals surface area contributed by atoms with Gasteiger partial charge in [-0.25, -0.2) is 9.79 Å². The second-order valence-corrected chi connectivity index (χ2v) is 6.80. The van der Waals surface area contributed by atoms with Crippen LogP contribution in [0.1, 0.15) is 30.9 Å². The molecule has 3 rings (SSSR count). The number of esters is 2. The molecule has 9 nitrogen and oxygen atoms in total. The summed E-state index contributed by atoms with van der Waals surface area (Å²) in [5.41, 5.74) is 0.613. The quantitative estimate of drug-likeness (QED) is 0.205. The Morgan fingerprint density at radius 1 is 1.26 bits per heavy atom. The highest BCUT2D eigenvalue weighted by atomic mass is 35.5. The monoisotopic (exact) mass is 444 g/mol. The number of aliphatic imine (C=N–C) groups is 1. The number of ether oxygens (including phenoxy) is 3. The van der Waals surface area contributed by atoms with E-state index in [-0.39, 0.29) is 46.0 Å². The van der Waals surface area contributed by atoms with Gasteiger partial charge in [0.2, 0.25) is 5.90 Å². The summed E-state index contributed by atoms with van der Waals surface area (Å²) >= 11 is 6.08. The Kier molecular flexibility index (Phi) is 6.66. The first-order valence-electron chi connectivity index (χ1n) is 9.18. The second kappa shape index (κ2) is 9.40. The second-order valence-electron chi connectivity index (χ2n) is 6.39. The molecule has 0 bridgehead atoms. The van der Waals surface area contributed by atoms with Crippen LogP contribution in [-0.2, 0) is 14.3 Å². The third kappa shape index (κ3) is 5.07. The zero-order valence-electron chi connectivity index (χ0n) is 16.6. The lowest BCUT2D eigenvalue weighted by Crippen LogP contribution is -2.08. The minimum Gasteiger partial charge on any atom is -0.493 e. The molecule has 0 aliphatic carbocycles. The van der Waals surface area contributed by atoms with E-state index in [0.717, 1.165) is 6.07 Å². The van der Waals surface area contributed by atoms with Crippen LogP contribution in [0.15, 0.2) is 47.1 Å². The molecule has 0 radical (unpaired) electrons. The molecule has 0 atom stereocenters. The summed E-state index contributed by atoms with van der Waals surface area (Å²) in [4.78, 5) is 38.4. The van der Waals surface area contributed by atoms with Gasteiger partial charge in [-0.3, -0.25) is 14.9 Å². The van der Waals surface area contributed by atoms with E-state index < -0.39 is 10.9 Å². The van der Waals surface area contributed by atoms with Crippen LogP contribution in [-0.4, -0.2) is 29.9 Å². The van der Waals surface area contributed by atoms with Gasteiger partial charge in [-0.1, -0.05) is 24.6 Å². The number of hydrogen-bond acceptors (Lipinski definition) is 8. The normalized spacial score (nSPS) is 14.2. The minimum absolute atomic E-state index is 0.00204. The molecule has 160 valence electrons. The third-order valence-corrected chi connectivity index (χ3v) is 4.50. The lowest BCUT2D eigenvalue weighted by molar-refractivity contribution is -0.384. The van der Waals surface area contributed by atoms with E-state index in [1.807, 2.05) is 6.92 Å². The maximum Gasteiger partial charge on any atom is 0.363 e. The zero-order chi connectivity index (χ0) is 22.5.